The van der Waals surface area contributed by atoms with E-state index in [2.05, 4.69) is 15.0 Å². The second-order valence-corrected chi connectivity index (χ2v) is 13.0. The van der Waals surface area contributed by atoms with Gasteiger partial charge in [0.05, 0.1) is 24.3 Å². The quantitative estimate of drug-likeness (QED) is 0.136. The van der Waals surface area contributed by atoms with Crippen molar-refractivity contribution in [1.29, 1.82) is 0 Å². The number of aromatic nitrogens is 3. The van der Waals surface area contributed by atoms with E-state index in [0.29, 0.717) is 43.1 Å². The molecule has 0 aliphatic carbocycles. The van der Waals surface area contributed by atoms with E-state index in [9.17, 15) is 17.6 Å². The number of fused-ring (bicyclic) bond motifs is 2. The number of carbonyl (C=O) groups excluding carboxylic acids is 1. The van der Waals surface area contributed by atoms with E-state index in [4.69, 9.17) is 19.3 Å². The number of nitrogens with one attached hydrogen (secondary N) is 2. The topological polar surface area (TPSA) is 149 Å². The van der Waals surface area contributed by atoms with Crippen molar-refractivity contribution in [1.82, 2.24) is 15.0 Å². The Hall–Kier alpha value is -4.82. The maximum Gasteiger partial charge on any atom is 0.306 e. The Morgan fingerprint density at radius 2 is 1.90 bits per heavy atom. The van der Waals surface area contributed by atoms with Crippen molar-refractivity contribution in [2.75, 3.05) is 13.2 Å². The lowest BCUT2D eigenvalue weighted by atomic mass is 9.74. The van der Waals surface area contributed by atoms with Crippen molar-refractivity contribution in [3.8, 4) is 28.6 Å². The number of ether oxygens (including phenoxy) is 3. The fourth-order valence-electron chi connectivity index (χ4n) is 6.01. The highest BCUT2D eigenvalue weighted by molar-refractivity contribution is 7.89. The third kappa shape index (κ3) is 6.62. The van der Waals surface area contributed by atoms with E-state index in [-0.39, 0.29) is 40.4 Å². The summed E-state index contributed by atoms with van der Waals surface area (Å²) in [6, 6.07) is 9.10. The minimum atomic E-state index is -4.61. The first-order valence-corrected chi connectivity index (χ1v) is 17.3. The van der Waals surface area contributed by atoms with E-state index in [1.54, 1.807) is 13.1 Å². The van der Waals surface area contributed by atoms with E-state index in [1.807, 2.05) is 39.0 Å². The summed E-state index contributed by atoms with van der Waals surface area (Å²) in [5.74, 6) is -4.31. The number of nitrogens with zero attached hydrogens (tertiary/aromatic N) is 1. The van der Waals surface area contributed by atoms with Gasteiger partial charge in [-0.1, -0.05) is 32.0 Å². The number of hydrogen-bond acceptors (Lipinski definition) is 7. The number of carbonyl (C=O) groups is 1. The van der Waals surface area contributed by atoms with Crippen LogP contribution in [0.25, 0.3) is 22.3 Å². The van der Waals surface area contributed by atoms with Crippen LogP contribution in [0.4, 0.5) is 13.2 Å². The fourth-order valence-corrected chi connectivity index (χ4v) is 6.94. The van der Waals surface area contributed by atoms with Crippen LogP contribution in [0, 0.1) is 24.4 Å². The molecule has 0 amide bonds. The van der Waals surface area contributed by atoms with E-state index < -0.39 is 43.5 Å². The fraction of sp³-hybridized carbons (Fsp3) is 0.314. The smallest absolute Gasteiger partial charge is 0.306 e. The molecule has 0 fully saturated rings. The third-order valence-corrected chi connectivity index (χ3v) is 9.39. The molecule has 10 nitrogen and oxygen atoms in total. The molecule has 3 heterocycles. The van der Waals surface area contributed by atoms with Gasteiger partial charge in [0, 0.05) is 40.9 Å². The zero-order chi connectivity index (χ0) is 35.7. The van der Waals surface area contributed by atoms with Gasteiger partial charge in [0.15, 0.2) is 11.6 Å². The third-order valence-electron chi connectivity index (χ3n) is 8.43. The lowest BCUT2D eigenvalue weighted by Gasteiger charge is -2.36. The van der Waals surface area contributed by atoms with Gasteiger partial charge >= 0.3 is 5.97 Å². The van der Waals surface area contributed by atoms with E-state index >= 15 is 8.78 Å². The Kier molecular flexibility index (Phi) is 10.1. The van der Waals surface area contributed by atoms with Gasteiger partial charge in [-0.15, -0.1) is 0 Å². The lowest BCUT2D eigenvalue weighted by Crippen LogP contribution is -2.32. The number of hydrogen-bond donors (Lipinski definition) is 3. The highest BCUT2D eigenvalue weighted by atomic mass is 32.2. The number of benzene rings is 3. The van der Waals surface area contributed by atoms with Crippen molar-refractivity contribution in [3.63, 3.8) is 0 Å². The summed E-state index contributed by atoms with van der Waals surface area (Å²) in [5, 5.41) is 5.27. The van der Waals surface area contributed by atoms with Crippen LogP contribution in [0.1, 0.15) is 62.9 Å². The molecule has 0 radical (unpaired) electrons. The molecule has 6 rings (SSSR count). The average molecular weight is 699 g/mol. The van der Waals surface area contributed by atoms with E-state index in [1.165, 1.54) is 19.2 Å². The predicted molar refractivity (Wildman–Crippen MR) is 178 cm³/mol. The monoisotopic (exact) mass is 698 g/mol. The number of esters is 1. The summed E-state index contributed by atoms with van der Waals surface area (Å²) in [6.07, 6.45) is 4.09. The van der Waals surface area contributed by atoms with Crippen LogP contribution in [0.5, 0.6) is 17.2 Å². The van der Waals surface area contributed by atoms with Crippen LogP contribution in [0.3, 0.4) is 0 Å². The standard InChI is InChI=1S/C33H31F3N4O6S.C2H6/c1-4-44-24(41)11-8-18-6-5-7-21-29(18)45-13-12-33(21,3)23-16-39-32(40-23)20-14-19(9-10-22(20)34)46-30-27(36)26(35)28-25(17(2)15-38-28)31(30)47(37,42)43;1-2/h5-7,9-10,14-16,38H,4,8,11-13H2,1-3H3,(H,39,40)(H2,37,42,43);1-2H3. The molecule has 1 aliphatic heterocycles. The Labute approximate surface area is 281 Å². The molecular weight excluding hydrogens is 661 g/mol. The molecule has 1 unspecified atom stereocenters. The van der Waals surface area contributed by atoms with Gasteiger partial charge in [-0.3, -0.25) is 4.79 Å². The van der Waals surface area contributed by atoms with Crippen molar-refractivity contribution >= 4 is 26.9 Å². The summed E-state index contributed by atoms with van der Waals surface area (Å²) in [7, 11) is -4.61. The van der Waals surface area contributed by atoms with Crippen LogP contribution in [0.2, 0.25) is 0 Å². The molecule has 5 aromatic rings. The van der Waals surface area contributed by atoms with Crippen LogP contribution >= 0.6 is 0 Å². The van der Waals surface area contributed by atoms with Crippen LogP contribution < -0.4 is 14.6 Å². The largest absolute Gasteiger partial charge is 0.493 e. The predicted octanol–water partition coefficient (Wildman–Crippen LogP) is 7.33. The highest BCUT2D eigenvalue weighted by Crippen LogP contribution is 2.45. The molecule has 49 heavy (non-hydrogen) atoms. The number of primary sulfonamides is 1. The molecule has 260 valence electrons. The van der Waals surface area contributed by atoms with Crippen LogP contribution in [-0.2, 0) is 31.4 Å². The lowest BCUT2D eigenvalue weighted by molar-refractivity contribution is -0.143. The number of nitrogens with two attached hydrogens (primary N) is 1. The normalized spacial score (nSPS) is 15.6. The zero-order valence-electron chi connectivity index (χ0n) is 27.7. The van der Waals surface area contributed by atoms with Crippen molar-refractivity contribution < 1.29 is 40.6 Å². The molecule has 1 aliphatic rings. The molecule has 3 aromatic carbocycles. The summed E-state index contributed by atoms with van der Waals surface area (Å²) in [6.45, 7) is 9.93. The number of aromatic amines is 2. The minimum absolute atomic E-state index is 0.0650. The Morgan fingerprint density at radius 3 is 2.61 bits per heavy atom. The van der Waals surface area contributed by atoms with Crippen LogP contribution in [0.15, 0.2) is 53.7 Å². The first-order valence-electron chi connectivity index (χ1n) is 15.8. The molecule has 0 saturated heterocycles. The van der Waals surface area contributed by atoms with Gasteiger partial charge in [0.1, 0.15) is 28.0 Å². The summed E-state index contributed by atoms with van der Waals surface area (Å²) in [4.78, 5) is 21.4. The molecule has 4 N–H and O–H groups in total. The molecule has 0 spiro atoms. The number of rotatable bonds is 9. The number of sulfonamides is 1. The molecule has 1 atom stereocenters. The van der Waals surface area contributed by atoms with Crippen LogP contribution in [-0.4, -0.2) is 42.6 Å². The number of H-pyrrole nitrogens is 2. The van der Waals surface area contributed by atoms with Gasteiger partial charge in [-0.2, -0.15) is 4.39 Å². The Balaban J connectivity index is 0.00000230. The summed E-state index contributed by atoms with van der Waals surface area (Å²) in [5.41, 5.74) is 1.60. The number of imidazole rings is 1. The molecule has 0 saturated carbocycles. The van der Waals surface area contributed by atoms with E-state index in [0.717, 1.165) is 23.3 Å². The number of aryl methyl sites for hydroxylation is 2. The Bertz CT molecular complexity index is 2150. The summed E-state index contributed by atoms with van der Waals surface area (Å²) >= 11 is 0. The number of para-hydroxylation sites is 1. The van der Waals surface area contributed by atoms with Gasteiger partial charge < -0.3 is 24.2 Å². The molecule has 2 aromatic heterocycles. The van der Waals surface area contributed by atoms with Crippen molar-refractivity contribution in [2.45, 2.75) is 64.2 Å². The number of halogens is 3. The zero-order valence-corrected chi connectivity index (χ0v) is 28.5. The molecule has 14 heteroatoms. The molecule has 0 bridgehead atoms. The van der Waals surface area contributed by atoms with Crippen molar-refractivity contribution in [3.05, 3.63) is 88.6 Å². The minimum Gasteiger partial charge on any atom is -0.493 e. The van der Waals surface area contributed by atoms with Gasteiger partial charge in [-0.25, -0.2) is 27.3 Å². The van der Waals surface area contributed by atoms with Gasteiger partial charge in [0.25, 0.3) is 0 Å². The SMILES string of the molecule is CC.CCOC(=O)CCc1cccc2c1OCCC2(C)c1cnc(-c2cc(Oc3c(F)c(F)c4[nH]cc(C)c4c3S(N)(=O)=O)ccc2F)[nH]1. The van der Waals surface area contributed by atoms with Crippen molar-refractivity contribution in [2.24, 2.45) is 5.14 Å². The van der Waals surface area contributed by atoms with Gasteiger partial charge in [0.2, 0.25) is 15.8 Å². The maximum absolute atomic E-state index is 15.3. The maximum atomic E-state index is 15.3. The average Bonchev–Trinajstić information content (AvgIpc) is 3.72. The molecular formula is C35H37F3N4O6S. The Morgan fingerprint density at radius 1 is 1.14 bits per heavy atom. The first-order chi connectivity index (χ1) is 23.3. The second-order valence-electron chi connectivity index (χ2n) is 11.5. The summed E-state index contributed by atoms with van der Waals surface area (Å²) < 4.78 is 87.4. The first kappa shape index (κ1) is 35.5. The second kappa shape index (κ2) is 14.0. The van der Waals surface area contributed by atoms with Gasteiger partial charge in [-0.05, 0) is 62.9 Å². The highest BCUT2D eigenvalue weighted by Gasteiger charge is 2.38.